The number of aliphatic carboxylic acids is 1. The van der Waals surface area contributed by atoms with Crippen molar-refractivity contribution in [1.82, 2.24) is 4.90 Å². The smallest absolute Gasteiger partial charge is 0.325 e. The predicted octanol–water partition coefficient (Wildman–Crippen LogP) is 1.41. The number of nitrogens with zero attached hydrogens (tertiary/aromatic N) is 1. The summed E-state index contributed by atoms with van der Waals surface area (Å²) in [5.41, 5.74) is 6.99. The minimum absolute atomic E-state index is 0.380. The summed E-state index contributed by atoms with van der Waals surface area (Å²) in [6.45, 7) is 5.53. The normalized spacial score (nSPS) is 22.2. The van der Waals surface area contributed by atoms with Crippen molar-refractivity contribution in [3.8, 4) is 5.75 Å². The van der Waals surface area contributed by atoms with Crippen LogP contribution < -0.4 is 10.5 Å². The third-order valence-electron chi connectivity index (χ3n) is 3.92. The Kier molecular flexibility index (Phi) is 4.65. The Labute approximate surface area is 125 Å². The summed E-state index contributed by atoms with van der Waals surface area (Å²) in [5.74, 6) is -0.0779. The number of likely N-dealkylation sites (tertiary alicyclic amines) is 1. The van der Waals surface area contributed by atoms with Gasteiger partial charge in [0, 0.05) is 19.6 Å². The summed E-state index contributed by atoms with van der Waals surface area (Å²) in [7, 11) is 1.65. The fraction of sp³-hybridized carbons (Fsp3) is 0.438. The fourth-order valence-electron chi connectivity index (χ4n) is 2.73. The molecule has 1 aliphatic heterocycles. The van der Waals surface area contributed by atoms with E-state index in [0.717, 1.165) is 23.3 Å². The van der Waals surface area contributed by atoms with Crippen LogP contribution in [0.15, 0.2) is 30.9 Å². The van der Waals surface area contributed by atoms with Gasteiger partial charge in [-0.3, -0.25) is 9.69 Å². The first-order valence-corrected chi connectivity index (χ1v) is 7.00. The summed E-state index contributed by atoms with van der Waals surface area (Å²) in [6.07, 6.45) is 3.07. The molecule has 0 spiro atoms. The number of hydrogen-bond donors (Lipinski definition) is 2. The molecule has 0 aliphatic carbocycles. The molecule has 114 valence electrons. The monoisotopic (exact) mass is 290 g/mol. The van der Waals surface area contributed by atoms with E-state index in [4.69, 9.17) is 15.6 Å². The zero-order valence-corrected chi connectivity index (χ0v) is 12.3. The van der Waals surface area contributed by atoms with Crippen molar-refractivity contribution >= 4 is 5.97 Å². The molecule has 5 heteroatoms. The van der Waals surface area contributed by atoms with E-state index in [1.807, 2.05) is 18.2 Å². The standard InChI is InChI=1S/C16H22N2O3/c1-3-4-13-9-12(5-6-14(13)21-2)10-18-8-7-16(17,11-18)15(19)20/h3,5-6,9H,1,4,7-8,10-11,17H2,2H3,(H,19,20)/t16-/m0/s1. The minimum Gasteiger partial charge on any atom is -0.496 e. The van der Waals surface area contributed by atoms with Crippen LogP contribution in [0, 0.1) is 0 Å². The molecule has 0 amide bonds. The summed E-state index contributed by atoms with van der Waals surface area (Å²) in [5, 5.41) is 9.16. The van der Waals surface area contributed by atoms with Gasteiger partial charge in [-0.2, -0.15) is 0 Å². The van der Waals surface area contributed by atoms with E-state index in [2.05, 4.69) is 17.5 Å². The first-order valence-electron chi connectivity index (χ1n) is 7.00. The van der Waals surface area contributed by atoms with Crippen molar-refractivity contribution in [1.29, 1.82) is 0 Å². The van der Waals surface area contributed by atoms with Crippen molar-refractivity contribution in [2.45, 2.75) is 24.9 Å². The van der Waals surface area contributed by atoms with Gasteiger partial charge in [0.05, 0.1) is 7.11 Å². The molecular formula is C16H22N2O3. The number of carbonyl (C=O) groups is 1. The topological polar surface area (TPSA) is 75.8 Å². The summed E-state index contributed by atoms with van der Waals surface area (Å²) in [6, 6.07) is 6.03. The lowest BCUT2D eigenvalue weighted by Gasteiger charge is -2.20. The van der Waals surface area contributed by atoms with E-state index in [-0.39, 0.29) is 0 Å². The van der Waals surface area contributed by atoms with Gasteiger partial charge in [-0.05, 0) is 30.0 Å². The molecule has 0 saturated carbocycles. The molecular weight excluding hydrogens is 268 g/mol. The summed E-state index contributed by atoms with van der Waals surface area (Å²) < 4.78 is 5.33. The van der Waals surface area contributed by atoms with E-state index in [1.165, 1.54) is 0 Å². The molecule has 0 radical (unpaired) electrons. The maximum Gasteiger partial charge on any atom is 0.325 e. The zero-order chi connectivity index (χ0) is 15.5. The third kappa shape index (κ3) is 3.43. The number of carboxylic acids is 1. The van der Waals surface area contributed by atoms with Gasteiger partial charge >= 0.3 is 5.97 Å². The van der Waals surface area contributed by atoms with Gasteiger partial charge < -0.3 is 15.6 Å². The Bertz CT molecular complexity index is 544. The fourth-order valence-corrected chi connectivity index (χ4v) is 2.73. The van der Waals surface area contributed by atoms with Crippen LogP contribution in [-0.4, -0.2) is 41.7 Å². The average molecular weight is 290 g/mol. The van der Waals surface area contributed by atoms with Crippen LogP contribution in [0.2, 0.25) is 0 Å². The highest BCUT2D eigenvalue weighted by molar-refractivity contribution is 5.79. The Morgan fingerprint density at radius 1 is 1.62 bits per heavy atom. The molecule has 0 aromatic heterocycles. The second kappa shape index (κ2) is 6.28. The molecule has 0 bridgehead atoms. The van der Waals surface area contributed by atoms with Crippen LogP contribution in [0.1, 0.15) is 17.5 Å². The summed E-state index contributed by atoms with van der Waals surface area (Å²) >= 11 is 0. The molecule has 21 heavy (non-hydrogen) atoms. The number of benzene rings is 1. The Morgan fingerprint density at radius 2 is 2.38 bits per heavy atom. The molecule has 2 rings (SSSR count). The van der Waals surface area contributed by atoms with E-state index < -0.39 is 11.5 Å². The van der Waals surface area contributed by atoms with E-state index in [0.29, 0.717) is 26.1 Å². The highest BCUT2D eigenvalue weighted by atomic mass is 16.5. The maximum atomic E-state index is 11.2. The SMILES string of the molecule is C=CCc1cc(CN2CC[C@@](N)(C(=O)O)C2)ccc1OC. The quantitative estimate of drug-likeness (QED) is 0.775. The van der Waals surface area contributed by atoms with Crippen molar-refractivity contribution in [2.75, 3.05) is 20.2 Å². The Morgan fingerprint density at radius 3 is 2.95 bits per heavy atom. The first kappa shape index (κ1) is 15.5. The molecule has 0 unspecified atom stereocenters. The van der Waals surface area contributed by atoms with Crippen molar-refractivity contribution in [3.05, 3.63) is 42.0 Å². The molecule has 1 saturated heterocycles. The molecule has 1 aromatic rings. The van der Waals surface area contributed by atoms with Crippen LogP contribution >= 0.6 is 0 Å². The van der Waals surface area contributed by atoms with E-state index >= 15 is 0 Å². The number of ether oxygens (including phenoxy) is 1. The average Bonchev–Trinajstić information content (AvgIpc) is 2.82. The number of carboxylic acid groups (broad SMARTS) is 1. The van der Waals surface area contributed by atoms with Crippen LogP contribution in [0.3, 0.4) is 0 Å². The maximum absolute atomic E-state index is 11.2. The van der Waals surface area contributed by atoms with E-state index in [9.17, 15) is 4.79 Å². The molecule has 1 atom stereocenters. The van der Waals surface area contributed by atoms with Crippen LogP contribution in [-0.2, 0) is 17.8 Å². The largest absolute Gasteiger partial charge is 0.496 e. The van der Waals surface area contributed by atoms with Gasteiger partial charge in [-0.1, -0.05) is 18.2 Å². The number of rotatable bonds is 6. The van der Waals surface area contributed by atoms with Crippen LogP contribution in [0.5, 0.6) is 5.75 Å². The van der Waals surface area contributed by atoms with E-state index in [1.54, 1.807) is 7.11 Å². The first-order chi connectivity index (χ1) is 9.98. The number of allylic oxidation sites excluding steroid dienone is 1. The third-order valence-corrected chi connectivity index (χ3v) is 3.92. The van der Waals surface area contributed by atoms with Crippen LogP contribution in [0.4, 0.5) is 0 Å². The lowest BCUT2D eigenvalue weighted by molar-refractivity contribution is -0.142. The number of nitrogens with two attached hydrogens (primary N) is 1. The minimum atomic E-state index is -1.11. The molecule has 1 heterocycles. The van der Waals surface area contributed by atoms with Gasteiger partial charge in [0.25, 0.3) is 0 Å². The van der Waals surface area contributed by atoms with Gasteiger partial charge in [0.2, 0.25) is 0 Å². The second-order valence-electron chi connectivity index (χ2n) is 5.56. The van der Waals surface area contributed by atoms with Gasteiger partial charge in [0.1, 0.15) is 11.3 Å². The van der Waals surface area contributed by atoms with Gasteiger partial charge in [0.15, 0.2) is 0 Å². The zero-order valence-electron chi connectivity index (χ0n) is 12.3. The second-order valence-corrected chi connectivity index (χ2v) is 5.56. The number of methoxy groups -OCH3 is 1. The van der Waals surface area contributed by atoms with Crippen molar-refractivity contribution < 1.29 is 14.6 Å². The molecule has 5 nitrogen and oxygen atoms in total. The molecule has 1 fully saturated rings. The highest BCUT2D eigenvalue weighted by Gasteiger charge is 2.41. The van der Waals surface area contributed by atoms with Crippen molar-refractivity contribution in [3.63, 3.8) is 0 Å². The van der Waals surface area contributed by atoms with Gasteiger partial charge in [-0.15, -0.1) is 6.58 Å². The highest BCUT2D eigenvalue weighted by Crippen LogP contribution is 2.24. The molecule has 1 aromatic carbocycles. The Balaban J connectivity index is 2.09. The van der Waals surface area contributed by atoms with Crippen LogP contribution in [0.25, 0.3) is 0 Å². The Hall–Kier alpha value is -1.85. The van der Waals surface area contributed by atoms with Gasteiger partial charge in [-0.25, -0.2) is 0 Å². The van der Waals surface area contributed by atoms with Crippen molar-refractivity contribution in [2.24, 2.45) is 5.73 Å². The summed E-state index contributed by atoms with van der Waals surface area (Å²) in [4.78, 5) is 13.2. The lowest BCUT2D eigenvalue weighted by atomic mass is 10.0. The predicted molar refractivity (Wildman–Crippen MR) is 81.3 cm³/mol. The lowest BCUT2D eigenvalue weighted by Crippen LogP contribution is -2.50. The molecule has 3 N–H and O–H groups in total. The number of hydrogen-bond acceptors (Lipinski definition) is 4. The molecule has 1 aliphatic rings.